The molecule has 37 heavy (non-hydrogen) atoms. The molecule has 1 aromatic carbocycles. The van der Waals surface area contributed by atoms with Gasteiger partial charge >= 0.3 is 12.2 Å². The number of imidazole rings is 1. The van der Waals surface area contributed by atoms with Crippen molar-refractivity contribution < 1.29 is 22.6 Å². The molecule has 5 aromatic rings. The number of benzene rings is 1. The van der Waals surface area contributed by atoms with Gasteiger partial charge in [-0.3, -0.25) is 4.68 Å². The van der Waals surface area contributed by atoms with Crippen LogP contribution in [0, 0.1) is 0 Å². The number of methoxy groups -OCH3 is 2. The van der Waals surface area contributed by atoms with Crippen LogP contribution in [0.5, 0.6) is 11.9 Å². The number of ether oxygens (including phenoxy) is 2. The van der Waals surface area contributed by atoms with Crippen LogP contribution in [0.2, 0.25) is 0 Å². The molecule has 6 rings (SSSR count). The number of fused-ring (bicyclic) bond motifs is 2. The average Bonchev–Trinajstić information content (AvgIpc) is 3.35. The highest BCUT2D eigenvalue weighted by Gasteiger charge is 2.41. The van der Waals surface area contributed by atoms with Gasteiger partial charge in [0.25, 0.3) is 0 Å². The Hall–Kier alpha value is -4.22. The van der Waals surface area contributed by atoms with E-state index >= 15 is 0 Å². The smallest absolute Gasteiger partial charge is 0.390 e. The van der Waals surface area contributed by atoms with E-state index in [9.17, 15) is 13.2 Å². The zero-order valence-corrected chi connectivity index (χ0v) is 20.0. The van der Waals surface area contributed by atoms with Crippen molar-refractivity contribution in [2.24, 2.45) is 0 Å². The zero-order valence-electron chi connectivity index (χ0n) is 20.0. The van der Waals surface area contributed by atoms with E-state index in [2.05, 4.69) is 25.1 Å². The Labute approximate surface area is 208 Å². The molecular formula is C25H22F3N7O2. The topological polar surface area (TPSA) is 92.3 Å². The summed E-state index contributed by atoms with van der Waals surface area (Å²) in [6.07, 6.45) is 2.42. The van der Waals surface area contributed by atoms with Gasteiger partial charge in [-0.25, -0.2) is 14.5 Å². The SMILES string of the molecule is COc1ncc(-c2cc([C@H]3C[C@@H]3c3ccc4cnn(CCC(F)(F)F)c4c3)c3nccn3n2)c(OC)n1. The van der Waals surface area contributed by atoms with Crippen LogP contribution in [-0.4, -0.2) is 54.7 Å². The first kappa shape index (κ1) is 23.2. The molecule has 9 nitrogen and oxygen atoms in total. The Balaban J connectivity index is 1.34. The van der Waals surface area contributed by atoms with E-state index in [0.717, 1.165) is 28.6 Å². The summed E-state index contributed by atoms with van der Waals surface area (Å²) >= 11 is 0. The van der Waals surface area contributed by atoms with Crippen molar-refractivity contribution in [1.29, 1.82) is 0 Å². The third-order valence-electron chi connectivity index (χ3n) is 6.67. The average molecular weight is 509 g/mol. The number of alkyl halides is 3. The number of aromatic nitrogens is 7. The van der Waals surface area contributed by atoms with E-state index in [1.807, 2.05) is 24.3 Å². The minimum atomic E-state index is -4.23. The molecule has 0 amide bonds. The normalized spacial score (nSPS) is 17.4. The lowest BCUT2D eigenvalue weighted by atomic mass is 10.0. The summed E-state index contributed by atoms with van der Waals surface area (Å²) in [5.74, 6) is 0.704. The largest absolute Gasteiger partial charge is 0.480 e. The first-order valence-corrected chi connectivity index (χ1v) is 11.7. The lowest BCUT2D eigenvalue weighted by Crippen LogP contribution is -2.12. The molecule has 0 bridgehead atoms. The molecule has 0 N–H and O–H groups in total. The van der Waals surface area contributed by atoms with E-state index in [4.69, 9.17) is 9.47 Å². The van der Waals surface area contributed by atoms with Crippen LogP contribution in [-0.2, 0) is 6.54 Å². The summed E-state index contributed by atoms with van der Waals surface area (Å²) < 4.78 is 52.0. The molecule has 0 aliphatic heterocycles. The number of halogens is 3. The zero-order chi connectivity index (χ0) is 25.7. The summed E-state index contributed by atoms with van der Waals surface area (Å²) in [5, 5.41) is 9.66. The molecule has 1 aliphatic rings. The Morgan fingerprint density at radius 3 is 2.70 bits per heavy atom. The molecule has 4 aromatic heterocycles. The van der Waals surface area contributed by atoms with Crippen molar-refractivity contribution in [2.75, 3.05) is 14.2 Å². The Bertz CT molecular complexity index is 1610. The van der Waals surface area contributed by atoms with Crippen LogP contribution < -0.4 is 9.47 Å². The number of nitrogens with zero attached hydrogens (tertiary/aromatic N) is 7. The van der Waals surface area contributed by atoms with Gasteiger partial charge in [0.15, 0.2) is 5.65 Å². The monoisotopic (exact) mass is 509 g/mol. The lowest BCUT2D eigenvalue weighted by Gasteiger charge is -2.11. The molecule has 12 heteroatoms. The number of hydrogen-bond acceptors (Lipinski definition) is 7. The van der Waals surface area contributed by atoms with Crippen LogP contribution in [0.25, 0.3) is 27.8 Å². The maximum atomic E-state index is 12.8. The van der Waals surface area contributed by atoms with E-state index in [0.29, 0.717) is 22.7 Å². The van der Waals surface area contributed by atoms with Gasteiger partial charge in [-0.2, -0.15) is 28.4 Å². The van der Waals surface area contributed by atoms with Crippen molar-refractivity contribution >= 4 is 16.6 Å². The highest BCUT2D eigenvalue weighted by Crippen LogP contribution is 2.56. The molecule has 1 fully saturated rings. The van der Waals surface area contributed by atoms with E-state index in [-0.39, 0.29) is 24.4 Å². The summed E-state index contributed by atoms with van der Waals surface area (Å²) in [7, 11) is 3.00. The fourth-order valence-electron chi connectivity index (χ4n) is 4.76. The van der Waals surface area contributed by atoms with Crippen molar-refractivity contribution in [3.8, 4) is 23.1 Å². The van der Waals surface area contributed by atoms with E-state index in [1.165, 1.54) is 18.9 Å². The molecule has 190 valence electrons. The van der Waals surface area contributed by atoms with Crippen LogP contribution in [0.1, 0.15) is 35.8 Å². The highest BCUT2D eigenvalue weighted by atomic mass is 19.4. The van der Waals surface area contributed by atoms with Gasteiger partial charge in [-0.1, -0.05) is 12.1 Å². The predicted molar refractivity (Wildman–Crippen MR) is 128 cm³/mol. The van der Waals surface area contributed by atoms with Gasteiger partial charge in [-0.05, 0) is 36.0 Å². The van der Waals surface area contributed by atoms with E-state index < -0.39 is 12.6 Å². The highest BCUT2D eigenvalue weighted by molar-refractivity contribution is 5.80. The molecule has 0 unspecified atom stereocenters. The second-order valence-corrected chi connectivity index (χ2v) is 8.96. The first-order valence-electron chi connectivity index (χ1n) is 11.7. The van der Waals surface area contributed by atoms with Crippen LogP contribution >= 0.6 is 0 Å². The molecule has 4 heterocycles. The summed E-state index contributed by atoms with van der Waals surface area (Å²) in [6, 6.07) is 8.06. The quantitative estimate of drug-likeness (QED) is 0.312. The molecule has 1 aliphatic carbocycles. The van der Waals surface area contributed by atoms with Crippen molar-refractivity contribution in [1.82, 2.24) is 34.3 Å². The van der Waals surface area contributed by atoms with Crippen LogP contribution in [0.4, 0.5) is 13.2 Å². The molecule has 0 saturated heterocycles. The Morgan fingerprint density at radius 1 is 1.05 bits per heavy atom. The number of rotatable bonds is 7. The van der Waals surface area contributed by atoms with Gasteiger partial charge in [0, 0.05) is 29.5 Å². The van der Waals surface area contributed by atoms with Crippen LogP contribution in [0.15, 0.2) is 49.1 Å². The van der Waals surface area contributed by atoms with Gasteiger partial charge in [-0.15, -0.1) is 0 Å². The number of aryl methyl sites for hydroxylation is 1. The predicted octanol–water partition coefficient (Wildman–Crippen LogP) is 4.78. The molecule has 0 radical (unpaired) electrons. The van der Waals surface area contributed by atoms with Gasteiger partial charge in [0.1, 0.15) is 0 Å². The molecule has 0 spiro atoms. The maximum Gasteiger partial charge on any atom is 0.390 e. The van der Waals surface area contributed by atoms with Crippen molar-refractivity contribution in [2.45, 2.75) is 37.4 Å². The van der Waals surface area contributed by atoms with Gasteiger partial charge in [0.2, 0.25) is 5.88 Å². The van der Waals surface area contributed by atoms with Crippen LogP contribution in [0.3, 0.4) is 0 Å². The third kappa shape index (κ3) is 4.32. The van der Waals surface area contributed by atoms with E-state index in [1.54, 1.807) is 29.3 Å². The third-order valence-corrected chi connectivity index (χ3v) is 6.67. The number of hydrogen-bond donors (Lipinski definition) is 0. The van der Waals surface area contributed by atoms with Crippen molar-refractivity contribution in [3.05, 3.63) is 60.2 Å². The van der Waals surface area contributed by atoms with Gasteiger partial charge in [0.05, 0.1) is 50.2 Å². The minimum absolute atomic E-state index is 0.167. The fraction of sp³-hybridized carbons (Fsp3) is 0.320. The second-order valence-electron chi connectivity index (χ2n) is 8.96. The first-order chi connectivity index (χ1) is 17.8. The lowest BCUT2D eigenvalue weighted by molar-refractivity contribution is -0.137. The molecule has 1 saturated carbocycles. The summed E-state index contributed by atoms with van der Waals surface area (Å²) in [4.78, 5) is 13.0. The minimum Gasteiger partial charge on any atom is -0.480 e. The van der Waals surface area contributed by atoms with Crippen molar-refractivity contribution in [3.63, 3.8) is 0 Å². The standard InChI is InChI=1S/C25H22F3N7O2/c1-36-23-19(13-30-24(32-23)37-2)20-11-18(22-29-6-8-35(22)33-20)17-10-16(17)14-3-4-15-12-31-34(21(15)9-14)7-5-25(26,27)28/h3-4,6,8-9,11-13,16-17H,5,7,10H2,1-2H3/t16-,17+/m1/s1. The molecule has 2 atom stereocenters. The maximum absolute atomic E-state index is 12.8. The molecular weight excluding hydrogens is 487 g/mol. The Kier molecular flexibility index (Phi) is 5.46. The summed E-state index contributed by atoms with van der Waals surface area (Å²) in [5.41, 5.74) is 4.77. The second kappa shape index (κ2) is 8.71. The Morgan fingerprint density at radius 2 is 1.92 bits per heavy atom. The van der Waals surface area contributed by atoms with Gasteiger partial charge < -0.3 is 9.47 Å². The summed E-state index contributed by atoms with van der Waals surface area (Å²) in [6.45, 7) is -0.210. The fourth-order valence-corrected chi connectivity index (χ4v) is 4.76.